The van der Waals surface area contributed by atoms with Crippen molar-refractivity contribution < 1.29 is 9.90 Å². The molecule has 2 nitrogen and oxygen atoms in total. The van der Waals surface area contributed by atoms with Crippen LogP contribution in [0.25, 0.3) is 11.1 Å². The summed E-state index contributed by atoms with van der Waals surface area (Å²) in [6, 6.07) is 12.7. The topological polar surface area (TPSA) is 37.3 Å². The molecular formula is C14H12O2. The Morgan fingerprint density at radius 3 is 2.62 bits per heavy atom. The molecular weight excluding hydrogens is 200 g/mol. The average Bonchev–Trinajstić information content (AvgIpc) is 2.33. The van der Waals surface area contributed by atoms with Gasteiger partial charge in [0.25, 0.3) is 0 Å². The minimum Gasteiger partial charge on any atom is -0.508 e. The summed E-state index contributed by atoms with van der Waals surface area (Å²) in [6.45, 7) is 1.86. The number of phenolic OH excluding ortho intramolecular Hbond substituents is 1. The molecule has 0 radical (unpaired) electrons. The molecule has 0 unspecified atom stereocenters. The normalized spacial score (nSPS) is 10.1. The molecule has 0 fully saturated rings. The van der Waals surface area contributed by atoms with Crippen molar-refractivity contribution >= 4 is 6.29 Å². The van der Waals surface area contributed by atoms with Crippen LogP contribution in [-0.2, 0) is 0 Å². The Bertz CT molecular complexity index is 530. The number of hydrogen-bond acceptors (Lipinski definition) is 2. The molecule has 0 aromatic heterocycles. The van der Waals surface area contributed by atoms with E-state index in [0.29, 0.717) is 5.56 Å². The van der Waals surface area contributed by atoms with Crippen molar-refractivity contribution in [3.8, 4) is 16.9 Å². The van der Waals surface area contributed by atoms with Crippen LogP contribution in [0.2, 0.25) is 0 Å². The number of rotatable bonds is 2. The zero-order valence-corrected chi connectivity index (χ0v) is 8.97. The summed E-state index contributed by atoms with van der Waals surface area (Å²) in [5.74, 6) is 0.272. The van der Waals surface area contributed by atoms with Gasteiger partial charge >= 0.3 is 0 Å². The Balaban J connectivity index is 2.58. The van der Waals surface area contributed by atoms with Crippen LogP contribution in [0.3, 0.4) is 0 Å². The third-order valence-corrected chi connectivity index (χ3v) is 2.64. The SMILES string of the molecule is Cc1c(O)cccc1-c1cccc(C=O)c1. The van der Waals surface area contributed by atoms with Crippen LogP contribution in [0.4, 0.5) is 0 Å². The number of aromatic hydroxyl groups is 1. The Morgan fingerprint density at radius 1 is 1.12 bits per heavy atom. The Morgan fingerprint density at radius 2 is 1.88 bits per heavy atom. The van der Waals surface area contributed by atoms with Gasteiger partial charge in [-0.2, -0.15) is 0 Å². The summed E-state index contributed by atoms with van der Waals surface area (Å²) in [5, 5.41) is 9.62. The first-order valence-electron chi connectivity index (χ1n) is 5.06. The lowest BCUT2D eigenvalue weighted by atomic mass is 9.98. The van der Waals surface area contributed by atoms with Crippen LogP contribution in [-0.4, -0.2) is 11.4 Å². The zero-order chi connectivity index (χ0) is 11.5. The molecule has 0 atom stereocenters. The zero-order valence-electron chi connectivity index (χ0n) is 8.97. The molecule has 0 amide bonds. The van der Waals surface area contributed by atoms with Gasteiger partial charge < -0.3 is 5.11 Å². The van der Waals surface area contributed by atoms with Crippen molar-refractivity contribution in [3.63, 3.8) is 0 Å². The molecule has 0 saturated heterocycles. The van der Waals surface area contributed by atoms with E-state index in [9.17, 15) is 9.90 Å². The molecule has 80 valence electrons. The van der Waals surface area contributed by atoms with Crippen LogP contribution in [0, 0.1) is 6.92 Å². The number of carbonyl (C=O) groups is 1. The van der Waals surface area contributed by atoms with Gasteiger partial charge in [0, 0.05) is 5.56 Å². The summed E-state index contributed by atoms with van der Waals surface area (Å²) < 4.78 is 0. The van der Waals surface area contributed by atoms with Gasteiger partial charge in [-0.05, 0) is 35.7 Å². The standard InChI is InChI=1S/C14H12O2/c1-10-13(6-3-7-14(10)16)12-5-2-4-11(8-12)9-15/h2-9,16H,1H3. The second-order valence-corrected chi connectivity index (χ2v) is 3.69. The molecule has 2 rings (SSSR count). The van der Waals surface area contributed by atoms with Gasteiger partial charge in [0.1, 0.15) is 12.0 Å². The molecule has 0 aliphatic rings. The summed E-state index contributed by atoms with van der Waals surface area (Å²) in [7, 11) is 0. The van der Waals surface area contributed by atoms with E-state index in [1.165, 1.54) is 0 Å². The lowest BCUT2D eigenvalue weighted by molar-refractivity contribution is 0.112. The molecule has 2 heteroatoms. The summed E-state index contributed by atoms with van der Waals surface area (Å²) in [6.07, 6.45) is 0.821. The van der Waals surface area contributed by atoms with Gasteiger partial charge in [0.2, 0.25) is 0 Å². The predicted molar refractivity (Wildman–Crippen MR) is 63.7 cm³/mol. The summed E-state index contributed by atoms with van der Waals surface area (Å²) >= 11 is 0. The lowest BCUT2D eigenvalue weighted by Crippen LogP contribution is -1.86. The van der Waals surface area contributed by atoms with Gasteiger partial charge in [-0.3, -0.25) is 4.79 Å². The molecule has 0 bridgehead atoms. The Hall–Kier alpha value is -2.09. The van der Waals surface area contributed by atoms with Gasteiger partial charge in [-0.25, -0.2) is 0 Å². The van der Waals surface area contributed by atoms with Crippen molar-refractivity contribution in [3.05, 3.63) is 53.6 Å². The first-order valence-corrected chi connectivity index (χ1v) is 5.06. The monoisotopic (exact) mass is 212 g/mol. The molecule has 0 aliphatic heterocycles. The maximum absolute atomic E-state index is 10.7. The van der Waals surface area contributed by atoms with Crippen molar-refractivity contribution in [2.45, 2.75) is 6.92 Å². The first kappa shape index (κ1) is 10.4. The second-order valence-electron chi connectivity index (χ2n) is 3.69. The summed E-state index contributed by atoms with van der Waals surface area (Å²) in [5.41, 5.74) is 3.35. The van der Waals surface area contributed by atoms with E-state index in [1.807, 2.05) is 31.2 Å². The van der Waals surface area contributed by atoms with E-state index in [-0.39, 0.29) is 5.75 Å². The fourth-order valence-electron chi connectivity index (χ4n) is 1.72. The molecule has 2 aromatic carbocycles. The lowest BCUT2D eigenvalue weighted by Gasteiger charge is -2.07. The number of carbonyl (C=O) groups excluding carboxylic acids is 1. The quantitative estimate of drug-likeness (QED) is 0.776. The average molecular weight is 212 g/mol. The second kappa shape index (κ2) is 4.19. The van der Waals surface area contributed by atoms with E-state index in [4.69, 9.17) is 0 Å². The number of benzene rings is 2. The highest BCUT2D eigenvalue weighted by atomic mass is 16.3. The number of aldehydes is 1. The molecule has 0 aliphatic carbocycles. The first-order chi connectivity index (χ1) is 7.72. The van der Waals surface area contributed by atoms with Crippen molar-refractivity contribution in [1.82, 2.24) is 0 Å². The maximum Gasteiger partial charge on any atom is 0.150 e. The smallest absolute Gasteiger partial charge is 0.150 e. The van der Waals surface area contributed by atoms with E-state index in [0.717, 1.165) is 23.0 Å². The van der Waals surface area contributed by atoms with Crippen LogP contribution in [0.15, 0.2) is 42.5 Å². The van der Waals surface area contributed by atoms with Gasteiger partial charge in [0.05, 0.1) is 0 Å². The van der Waals surface area contributed by atoms with E-state index >= 15 is 0 Å². The minimum atomic E-state index is 0.272. The van der Waals surface area contributed by atoms with Crippen molar-refractivity contribution in [2.75, 3.05) is 0 Å². The van der Waals surface area contributed by atoms with E-state index < -0.39 is 0 Å². The molecule has 0 saturated carbocycles. The molecule has 0 heterocycles. The minimum absolute atomic E-state index is 0.272. The highest BCUT2D eigenvalue weighted by molar-refractivity contribution is 5.80. The maximum atomic E-state index is 10.7. The summed E-state index contributed by atoms with van der Waals surface area (Å²) in [4.78, 5) is 10.7. The molecule has 1 N–H and O–H groups in total. The van der Waals surface area contributed by atoms with E-state index in [2.05, 4.69) is 0 Å². The molecule has 2 aromatic rings. The van der Waals surface area contributed by atoms with Gasteiger partial charge in [0.15, 0.2) is 0 Å². The van der Waals surface area contributed by atoms with Crippen LogP contribution >= 0.6 is 0 Å². The van der Waals surface area contributed by atoms with Crippen LogP contribution in [0.5, 0.6) is 5.75 Å². The third-order valence-electron chi connectivity index (χ3n) is 2.64. The fourth-order valence-corrected chi connectivity index (χ4v) is 1.72. The predicted octanol–water partition coefficient (Wildman–Crippen LogP) is 3.18. The fraction of sp³-hybridized carbons (Fsp3) is 0.0714. The molecule has 16 heavy (non-hydrogen) atoms. The Kier molecular flexibility index (Phi) is 2.73. The van der Waals surface area contributed by atoms with Crippen LogP contribution < -0.4 is 0 Å². The van der Waals surface area contributed by atoms with E-state index in [1.54, 1.807) is 18.2 Å². The molecule has 0 spiro atoms. The van der Waals surface area contributed by atoms with Crippen molar-refractivity contribution in [1.29, 1.82) is 0 Å². The largest absolute Gasteiger partial charge is 0.508 e. The highest BCUT2D eigenvalue weighted by Gasteiger charge is 2.05. The van der Waals surface area contributed by atoms with Gasteiger partial charge in [-0.1, -0.05) is 30.3 Å². The Labute approximate surface area is 94.2 Å². The number of hydrogen-bond donors (Lipinski definition) is 1. The van der Waals surface area contributed by atoms with Crippen molar-refractivity contribution in [2.24, 2.45) is 0 Å². The highest BCUT2D eigenvalue weighted by Crippen LogP contribution is 2.29. The number of phenols is 1. The third kappa shape index (κ3) is 1.82. The van der Waals surface area contributed by atoms with Gasteiger partial charge in [-0.15, -0.1) is 0 Å². The van der Waals surface area contributed by atoms with Crippen LogP contribution in [0.1, 0.15) is 15.9 Å².